The predicted molar refractivity (Wildman–Crippen MR) is 117 cm³/mol. The summed E-state index contributed by atoms with van der Waals surface area (Å²) in [5, 5.41) is 5.61. The second kappa shape index (κ2) is 8.87. The molecule has 0 bridgehead atoms. The van der Waals surface area contributed by atoms with E-state index in [0.717, 1.165) is 11.3 Å². The van der Waals surface area contributed by atoms with Gasteiger partial charge in [-0.25, -0.2) is 0 Å². The van der Waals surface area contributed by atoms with Gasteiger partial charge in [0.05, 0.1) is 30.0 Å². The molecule has 0 radical (unpaired) electrons. The molecule has 7 heteroatoms. The Morgan fingerprint density at radius 2 is 1.94 bits per heavy atom. The summed E-state index contributed by atoms with van der Waals surface area (Å²) in [6, 6.07) is 18.0. The lowest BCUT2D eigenvalue weighted by molar-refractivity contribution is -0.122. The molecule has 0 saturated carbocycles. The van der Waals surface area contributed by atoms with E-state index >= 15 is 0 Å². The molecule has 2 N–H and O–H groups in total. The maximum absolute atomic E-state index is 12.9. The van der Waals surface area contributed by atoms with Gasteiger partial charge >= 0.3 is 0 Å². The molecule has 2 aromatic carbocycles. The van der Waals surface area contributed by atoms with Gasteiger partial charge in [-0.1, -0.05) is 24.3 Å². The fourth-order valence-corrected chi connectivity index (χ4v) is 3.63. The summed E-state index contributed by atoms with van der Waals surface area (Å²) in [4.78, 5) is 39.6. The minimum Gasteiger partial charge on any atom is -0.467 e. The average Bonchev–Trinajstić information content (AvgIpc) is 3.42. The lowest BCUT2D eigenvalue weighted by atomic mass is 10.1. The number of benzene rings is 2. The normalized spacial score (nSPS) is 15.7. The molecule has 3 aromatic rings. The van der Waals surface area contributed by atoms with Crippen LogP contribution in [0.5, 0.6) is 0 Å². The molecule has 31 heavy (non-hydrogen) atoms. The molecule has 7 nitrogen and oxygen atoms in total. The number of amides is 3. The standard InChI is InChI=1S/C24H23N3O4/c1-16-6-4-7-18(12-16)27-15-17(13-22(27)28)23(29)26-21-10-3-2-9-20(21)24(30)25-14-19-8-5-11-31-19/h2-12,17H,13-15H2,1H3,(H,25,30)(H,26,29)/t17-/m1/s1. The first kappa shape index (κ1) is 20.4. The van der Waals surface area contributed by atoms with Crippen molar-refractivity contribution in [3.05, 3.63) is 83.8 Å². The zero-order chi connectivity index (χ0) is 21.8. The Bertz CT molecular complexity index is 1110. The van der Waals surface area contributed by atoms with Gasteiger partial charge in [0, 0.05) is 18.7 Å². The maximum atomic E-state index is 12.9. The maximum Gasteiger partial charge on any atom is 0.253 e. The van der Waals surface area contributed by atoms with Crippen molar-refractivity contribution in [3.8, 4) is 0 Å². The third-order valence-corrected chi connectivity index (χ3v) is 5.24. The summed E-state index contributed by atoms with van der Waals surface area (Å²) < 4.78 is 5.22. The van der Waals surface area contributed by atoms with E-state index in [0.29, 0.717) is 23.6 Å². The zero-order valence-electron chi connectivity index (χ0n) is 17.1. The quantitative estimate of drug-likeness (QED) is 0.642. The lowest BCUT2D eigenvalue weighted by Gasteiger charge is -2.17. The molecule has 3 amide bonds. The van der Waals surface area contributed by atoms with E-state index in [-0.39, 0.29) is 30.7 Å². The molecule has 1 aromatic heterocycles. The molecule has 0 aliphatic carbocycles. The molecular weight excluding hydrogens is 394 g/mol. The van der Waals surface area contributed by atoms with E-state index in [1.165, 1.54) is 0 Å². The highest BCUT2D eigenvalue weighted by atomic mass is 16.3. The highest BCUT2D eigenvalue weighted by Gasteiger charge is 2.35. The Hall–Kier alpha value is -3.87. The van der Waals surface area contributed by atoms with Gasteiger partial charge in [-0.2, -0.15) is 0 Å². The summed E-state index contributed by atoms with van der Waals surface area (Å²) in [7, 11) is 0. The van der Waals surface area contributed by atoms with E-state index in [2.05, 4.69) is 10.6 Å². The van der Waals surface area contributed by atoms with Crippen molar-refractivity contribution in [2.45, 2.75) is 19.9 Å². The van der Waals surface area contributed by atoms with Crippen molar-refractivity contribution in [2.75, 3.05) is 16.8 Å². The summed E-state index contributed by atoms with van der Waals surface area (Å²) in [5.74, 6) is -0.552. The number of hydrogen-bond donors (Lipinski definition) is 2. The summed E-state index contributed by atoms with van der Waals surface area (Å²) in [6.07, 6.45) is 1.67. The highest BCUT2D eigenvalue weighted by Crippen LogP contribution is 2.27. The number of rotatable bonds is 6. The fourth-order valence-electron chi connectivity index (χ4n) is 3.63. The van der Waals surface area contributed by atoms with Crippen molar-refractivity contribution in [1.29, 1.82) is 0 Å². The Morgan fingerprint density at radius 3 is 2.71 bits per heavy atom. The largest absolute Gasteiger partial charge is 0.467 e. The Morgan fingerprint density at radius 1 is 1.10 bits per heavy atom. The van der Waals surface area contributed by atoms with Crippen molar-refractivity contribution in [2.24, 2.45) is 5.92 Å². The fraction of sp³-hybridized carbons (Fsp3) is 0.208. The van der Waals surface area contributed by atoms with Gasteiger partial charge in [0.15, 0.2) is 0 Å². The Kier molecular flexibility index (Phi) is 5.84. The van der Waals surface area contributed by atoms with Crippen LogP contribution in [0.1, 0.15) is 28.1 Å². The minimum atomic E-state index is -0.493. The van der Waals surface area contributed by atoms with Crippen molar-refractivity contribution < 1.29 is 18.8 Å². The van der Waals surface area contributed by atoms with Crippen LogP contribution in [-0.4, -0.2) is 24.3 Å². The monoisotopic (exact) mass is 417 g/mol. The van der Waals surface area contributed by atoms with Crippen LogP contribution < -0.4 is 15.5 Å². The van der Waals surface area contributed by atoms with E-state index < -0.39 is 5.92 Å². The molecule has 0 spiro atoms. The van der Waals surface area contributed by atoms with Crippen molar-refractivity contribution in [3.63, 3.8) is 0 Å². The number of furan rings is 1. The lowest BCUT2D eigenvalue weighted by Crippen LogP contribution is -2.29. The summed E-state index contributed by atoms with van der Waals surface area (Å²) >= 11 is 0. The molecule has 1 aliphatic rings. The predicted octanol–water partition coefficient (Wildman–Crippen LogP) is 3.51. The zero-order valence-corrected chi connectivity index (χ0v) is 17.1. The van der Waals surface area contributed by atoms with E-state index in [1.807, 2.05) is 31.2 Å². The van der Waals surface area contributed by atoms with Crippen LogP contribution >= 0.6 is 0 Å². The third kappa shape index (κ3) is 4.66. The van der Waals surface area contributed by atoms with Crippen LogP contribution in [0.2, 0.25) is 0 Å². The smallest absolute Gasteiger partial charge is 0.253 e. The molecule has 158 valence electrons. The summed E-state index contributed by atoms with van der Waals surface area (Å²) in [5.41, 5.74) is 2.60. The van der Waals surface area contributed by atoms with Crippen LogP contribution in [0.3, 0.4) is 0 Å². The van der Waals surface area contributed by atoms with E-state index in [1.54, 1.807) is 47.6 Å². The van der Waals surface area contributed by atoms with Gasteiger partial charge in [-0.3, -0.25) is 14.4 Å². The highest BCUT2D eigenvalue weighted by molar-refractivity contribution is 6.07. The number of carbonyl (C=O) groups excluding carboxylic acids is 3. The number of nitrogens with zero attached hydrogens (tertiary/aromatic N) is 1. The summed E-state index contributed by atoms with van der Waals surface area (Å²) in [6.45, 7) is 2.51. The SMILES string of the molecule is Cc1cccc(N2C[C@H](C(=O)Nc3ccccc3C(=O)NCc3ccco3)CC2=O)c1. The van der Waals surface area contributed by atoms with Gasteiger partial charge in [0.1, 0.15) is 5.76 Å². The number of anilines is 2. The Balaban J connectivity index is 1.43. The van der Waals surface area contributed by atoms with Crippen LogP contribution in [-0.2, 0) is 16.1 Å². The molecule has 1 atom stereocenters. The first-order valence-electron chi connectivity index (χ1n) is 10.1. The van der Waals surface area contributed by atoms with Gasteiger partial charge in [-0.05, 0) is 48.9 Å². The minimum absolute atomic E-state index is 0.0878. The van der Waals surface area contributed by atoms with Crippen LogP contribution in [0.15, 0.2) is 71.3 Å². The molecule has 1 aliphatic heterocycles. The van der Waals surface area contributed by atoms with E-state index in [4.69, 9.17) is 4.42 Å². The van der Waals surface area contributed by atoms with Crippen LogP contribution in [0.25, 0.3) is 0 Å². The van der Waals surface area contributed by atoms with Crippen molar-refractivity contribution >= 4 is 29.1 Å². The molecule has 4 rings (SSSR count). The topological polar surface area (TPSA) is 91.7 Å². The Labute approximate surface area is 180 Å². The van der Waals surface area contributed by atoms with Crippen molar-refractivity contribution in [1.82, 2.24) is 5.32 Å². The number of aryl methyl sites for hydroxylation is 1. The number of nitrogens with one attached hydrogen (secondary N) is 2. The number of carbonyl (C=O) groups is 3. The van der Waals surface area contributed by atoms with Gasteiger partial charge in [0.25, 0.3) is 5.91 Å². The van der Waals surface area contributed by atoms with Crippen LogP contribution in [0, 0.1) is 12.8 Å². The van der Waals surface area contributed by atoms with Crippen LogP contribution in [0.4, 0.5) is 11.4 Å². The molecular formula is C24H23N3O4. The van der Waals surface area contributed by atoms with Gasteiger partial charge in [-0.15, -0.1) is 0 Å². The first-order valence-corrected chi connectivity index (χ1v) is 10.1. The number of hydrogen-bond acceptors (Lipinski definition) is 4. The average molecular weight is 417 g/mol. The number of para-hydroxylation sites is 1. The van der Waals surface area contributed by atoms with Gasteiger partial charge < -0.3 is 20.0 Å². The molecule has 2 heterocycles. The van der Waals surface area contributed by atoms with E-state index in [9.17, 15) is 14.4 Å². The van der Waals surface area contributed by atoms with Gasteiger partial charge in [0.2, 0.25) is 11.8 Å². The molecule has 1 fully saturated rings. The second-order valence-electron chi connectivity index (χ2n) is 7.54. The molecule has 1 saturated heterocycles. The first-order chi connectivity index (χ1) is 15.0. The molecule has 0 unspecified atom stereocenters. The second-order valence-corrected chi connectivity index (χ2v) is 7.54. The third-order valence-electron chi connectivity index (χ3n) is 5.24.